The van der Waals surface area contributed by atoms with Crippen molar-refractivity contribution in [1.29, 1.82) is 0 Å². The summed E-state index contributed by atoms with van der Waals surface area (Å²) < 4.78 is 6.95. The van der Waals surface area contributed by atoms with Crippen molar-refractivity contribution >= 4 is 23.3 Å². The van der Waals surface area contributed by atoms with Gasteiger partial charge in [-0.3, -0.25) is 14.0 Å². The van der Waals surface area contributed by atoms with Gasteiger partial charge in [-0.1, -0.05) is 0 Å². The lowest BCUT2D eigenvalue weighted by molar-refractivity contribution is -0.368. The molecule has 0 spiro atoms. The van der Waals surface area contributed by atoms with Crippen molar-refractivity contribution in [2.45, 2.75) is 12.5 Å². The van der Waals surface area contributed by atoms with E-state index in [4.69, 9.17) is 4.74 Å². The Hall–Kier alpha value is -3.99. The second-order valence-corrected chi connectivity index (χ2v) is 6.62. The van der Waals surface area contributed by atoms with Gasteiger partial charge in [0, 0.05) is 42.5 Å². The van der Waals surface area contributed by atoms with E-state index >= 15 is 0 Å². The lowest BCUT2D eigenvalue weighted by atomic mass is 10.2. The lowest BCUT2D eigenvalue weighted by Crippen LogP contribution is -2.50. The van der Waals surface area contributed by atoms with Crippen molar-refractivity contribution in [3.63, 3.8) is 0 Å². The van der Waals surface area contributed by atoms with Crippen LogP contribution in [0.3, 0.4) is 0 Å². The third-order valence-electron chi connectivity index (χ3n) is 4.33. The van der Waals surface area contributed by atoms with E-state index in [1.807, 2.05) is 0 Å². The number of rotatable bonds is 10. The Morgan fingerprint density at radius 3 is 2.71 bits per heavy atom. The van der Waals surface area contributed by atoms with E-state index in [-0.39, 0.29) is 18.1 Å². The molecule has 3 heterocycles. The van der Waals surface area contributed by atoms with Gasteiger partial charge in [-0.25, -0.2) is 14.8 Å². The summed E-state index contributed by atoms with van der Waals surface area (Å²) in [6, 6.07) is 6.56. The fourth-order valence-electron chi connectivity index (χ4n) is 2.74. The van der Waals surface area contributed by atoms with Crippen LogP contribution in [0.15, 0.2) is 53.7 Å². The standard InChI is InChI=1S/C20H22N6O5/c21-5-1-8-31-15-4-3-14-9-13(10-17(27)26(14)12-15)18(28)24-11-16(19(29)30)25-20-22-6-2-7-23-20/h2-4,6-7,9-10,12,16H,1,5,8,11,21H2,(H,24,28)(H,29,30)(H,22,23,25)/p+1/t16-/m0/s1. The number of carboxylic acids is 1. The third kappa shape index (κ3) is 5.76. The molecule has 3 rings (SSSR count). The van der Waals surface area contributed by atoms with Crippen molar-refractivity contribution in [3.8, 4) is 5.75 Å². The van der Waals surface area contributed by atoms with Crippen LogP contribution >= 0.6 is 0 Å². The molecule has 0 aliphatic heterocycles. The van der Waals surface area contributed by atoms with Crippen LogP contribution in [0, 0.1) is 0 Å². The molecule has 6 N–H and O–H groups in total. The number of hydrogen-bond donors (Lipinski definition) is 4. The summed E-state index contributed by atoms with van der Waals surface area (Å²) in [5.74, 6) is -1.09. The Morgan fingerprint density at radius 1 is 1.23 bits per heavy atom. The summed E-state index contributed by atoms with van der Waals surface area (Å²) in [5.41, 5.74) is 3.97. The summed E-state index contributed by atoms with van der Waals surface area (Å²) in [5, 5.41) is 14.5. The largest absolute Gasteiger partial charge is 0.492 e. The van der Waals surface area contributed by atoms with E-state index in [1.165, 1.54) is 22.9 Å². The highest BCUT2D eigenvalue weighted by molar-refractivity contribution is 5.95. The number of pyridine rings is 2. The van der Waals surface area contributed by atoms with E-state index in [2.05, 4.69) is 26.3 Å². The summed E-state index contributed by atoms with van der Waals surface area (Å²) in [4.78, 5) is 44.3. The van der Waals surface area contributed by atoms with Crippen LogP contribution in [0.5, 0.6) is 5.75 Å². The highest BCUT2D eigenvalue weighted by atomic mass is 16.5. The number of carboxylic acid groups (broad SMARTS) is 1. The summed E-state index contributed by atoms with van der Waals surface area (Å²) in [7, 11) is 0. The fourth-order valence-corrected chi connectivity index (χ4v) is 2.74. The molecule has 0 aliphatic rings. The molecule has 0 radical (unpaired) electrons. The van der Waals surface area contributed by atoms with Crippen LogP contribution < -0.4 is 26.7 Å². The number of aromatic nitrogens is 3. The molecule has 0 saturated carbocycles. The molecule has 0 bridgehead atoms. The number of anilines is 1. The fraction of sp³-hybridized carbons (Fsp3) is 0.250. The molecule has 3 aromatic heterocycles. The minimum atomic E-state index is -1.18. The number of nitrogens with zero attached hydrogens (tertiary/aromatic N) is 3. The number of hydrogen-bond acceptors (Lipinski definition) is 7. The number of nitrogens with one attached hydrogen (secondary N) is 2. The van der Waals surface area contributed by atoms with Crippen molar-refractivity contribution in [2.24, 2.45) is 0 Å². The second-order valence-electron chi connectivity index (χ2n) is 6.62. The number of quaternary nitrogens is 1. The molecule has 0 saturated heterocycles. The molecule has 31 heavy (non-hydrogen) atoms. The van der Waals surface area contributed by atoms with E-state index < -0.39 is 23.5 Å². The van der Waals surface area contributed by atoms with Gasteiger partial charge in [0.2, 0.25) is 5.95 Å². The maximum absolute atomic E-state index is 12.5. The van der Waals surface area contributed by atoms with E-state index in [9.17, 15) is 19.5 Å². The Kier molecular flexibility index (Phi) is 7.12. The Labute approximate surface area is 176 Å². The van der Waals surface area contributed by atoms with Crippen LogP contribution in [0.25, 0.3) is 5.52 Å². The molecule has 0 unspecified atom stereocenters. The molecular weight excluding hydrogens is 404 g/mol. The third-order valence-corrected chi connectivity index (χ3v) is 4.33. The van der Waals surface area contributed by atoms with Gasteiger partial charge in [0.1, 0.15) is 11.8 Å². The van der Waals surface area contributed by atoms with Gasteiger partial charge in [-0.15, -0.1) is 0 Å². The quantitative estimate of drug-likeness (QED) is 0.312. The van der Waals surface area contributed by atoms with Crippen LogP contribution in [0.4, 0.5) is 5.95 Å². The zero-order valence-corrected chi connectivity index (χ0v) is 16.7. The van der Waals surface area contributed by atoms with Crippen molar-refractivity contribution in [3.05, 3.63) is 64.8 Å². The molecule has 11 nitrogen and oxygen atoms in total. The minimum Gasteiger partial charge on any atom is -0.492 e. The summed E-state index contributed by atoms with van der Waals surface area (Å²) >= 11 is 0. The molecule has 1 amide bonds. The number of ether oxygens (including phenoxy) is 1. The monoisotopic (exact) mass is 427 g/mol. The zero-order chi connectivity index (χ0) is 22.2. The highest BCUT2D eigenvalue weighted by Gasteiger charge is 2.20. The first-order valence-electron chi connectivity index (χ1n) is 9.61. The Morgan fingerprint density at radius 2 is 2.00 bits per heavy atom. The van der Waals surface area contributed by atoms with Crippen LogP contribution in [-0.4, -0.2) is 57.1 Å². The first-order chi connectivity index (χ1) is 15.0. The SMILES string of the molecule is [NH3+]CCCOc1ccc2cc(C(=O)NC[C@H](Nc3ncccn3)C(=O)O)cc(=O)n2c1. The number of carbonyl (C=O) groups is 2. The minimum absolute atomic E-state index is 0.121. The molecular formula is C20H23N6O5+. The van der Waals surface area contributed by atoms with E-state index in [0.29, 0.717) is 17.9 Å². The van der Waals surface area contributed by atoms with Gasteiger partial charge < -0.3 is 26.2 Å². The van der Waals surface area contributed by atoms with Crippen molar-refractivity contribution in [1.82, 2.24) is 19.7 Å². The molecule has 11 heteroatoms. The first kappa shape index (κ1) is 21.7. The molecule has 0 fully saturated rings. The second kappa shape index (κ2) is 10.2. The Bertz CT molecular complexity index is 1120. The van der Waals surface area contributed by atoms with Gasteiger partial charge in [0.15, 0.2) is 0 Å². The first-order valence-corrected chi connectivity index (χ1v) is 9.61. The maximum Gasteiger partial charge on any atom is 0.328 e. The predicted molar refractivity (Wildman–Crippen MR) is 111 cm³/mol. The smallest absolute Gasteiger partial charge is 0.328 e. The van der Waals surface area contributed by atoms with Gasteiger partial charge in [0.25, 0.3) is 11.5 Å². The van der Waals surface area contributed by atoms with E-state index in [0.717, 1.165) is 13.0 Å². The van der Waals surface area contributed by atoms with Gasteiger partial charge in [-0.05, 0) is 24.3 Å². The summed E-state index contributed by atoms with van der Waals surface area (Å²) in [6.07, 6.45) is 5.29. The van der Waals surface area contributed by atoms with E-state index in [1.54, 1.807) is 30.5 Å². The number of carbonyl (C=O) groups excluding carboxylic acids is 1. The van der Waals surface area contributed by atoms with Crippen LogP contribution in [-0.2, 0) is 4.79 Å². The topological polar surface area (TPSA) is 163 Å². The maximum atomic E-state index is 12.5. The van der Waals surface area contributed by atoms with Gasteiger partial charge in [-0.2, -0.15) is 0 Å². The highest BCUT2D eigenvalue weighted by Crippen LogP contribution is 2.13. The average Bonchev–Trinajstić information content (AvgIpc) is 2.77. The molecule has 3 aromatic rings. The van der Waals surface area contributed by atoms with Crippen LogP contribution in [0.1, 0.15) is 16.8 Å². The summed E-state index contributed by atoms with van der Waals surface area (Å²) in [6.45, 7) is 1.02. The van der Waals surface area contributed by atoms with Crippen molar-refractivity contribution < 1.29 is 25.2 Å². The molecule has 162 valence electrons. The zero-order valence-electron chi connectivity index (χ0n) is 16.7. The number of fused-ring (bicyclic) bond motifs is 1. The lowest BCUT2D eigenvalue weighted by Gasteiger charge is -2.15. The average molecular weight is 427 g/mol. The van der Waals surface area contributed by atoms with Crippen molar-refractivity contribution in [2.75, 3.05) is 25.0 Å². The molecule has 0 aliphatic carbocycles. The van der Waals surface area contributed by atoms with Gasteiger partial charge in [0.05, 0.1) is 19.3 Å². The predicted octanol–water partition coefficient (Wildman–Crippen LogP) is -0.605. The number of aliphatic carboxylic acids is 1. The van der Waals surface area contributed by atoms with Gasteiger partial charge >= 0.3 is 5.97 Å². The van der Waals surface area contributed by atoms with Crippen LogP contribution in [0.2, 0.25) is 0 Å². The molecule has 1 atom stereocenters. The number of amides is 1. The Balaban J connectivity index is 1.70. The normalized spacial score (nSPS) is 11.6. The molecule has 0 aromatic carbocycles.